The van der Waals surface area contributed by atoms with Gasteiger partial charge in [0.1, 0.15) is 0 Å². The van der Waals surface area contributed by atoms with Gasteiger partial charge in [-0.3, -0.25) is 19.8 Å². The molecular formula is C12H17FN2O5. The van der Waals surface area contributed by atoms with Crippen LogP contribution in [-0.4, -0.2) is 48.0 Å². The monoisotopic (exact) mass is 288 g/mol. The summed E-state index contributed by atoms with van der Waals surface area (Å²) in [5.41, 5.74) is -0.919. The lowest BCUT2D eigenvalue weighted by Crippen LogP contribution is -2.74. The minimum atomic E-state index is -2.29. The zero-order chi connectivity index (χ0) is 15.1. The molecular weight excluding hydrogens is 271 g/mol. The van der Waals surface area contributed by atoms with Gasteiger partial charge < -0.3 is 9.47 Å². The van der Waals surface area contributed by atoms with E-state index in [9.17, 15) is 18.8 Å². The average molecular weight is 288 g/mol. The van der Waals surface area contributed by atoms with Gasteiger partial charge in [0.15, 0.2) is 0 Å². The first-order valence-electron chi connectivity index (χ1n) is 6.32. The number of carbonyl (C=O) groups is 3. The second-order valence-electron chi connectivity index (χ2n) is 5.78. The van der Waals surface area contributed by atoms with E-state index >= 15 is 0 Å². The SMILES string of the molecule is CC(C)(C)C(=O)OC12OCCCN1C(=O)NC(=O)[C@H]2F. The first-order chi connectivity index (χ1) is 9.18. The van der Waals surface area contributed by atoms with Crippen LogP contribution in [0.5, 0.6) is 0 Å². The molecule has 2 fully saturated rings. The molecule has 0 spiro atoms. The Morgan fingerprint density at radius 1 is 1.50 bits per heavy atom. The van der Waals surface area contributed by atoms with Crippen LogP contribution < -0.4 is 5.32 Å². The Labute approximate surface area is 115 Å². The van der Waals surface area contributed by atoms with E-state index in [-0.39, 0.29) is 13.2 Å². The van der Waals surface area contributed by atoms with Crippen molar-refractivity contribution in [1.82, 2.24) is 10.2 Å². The number of halogens is 1. The van der Waals surface area contributed by atoms with Crippen molar-refractivity contribution in [2.45, 2.75) is 39.3 Å². The van der Waals surface area contributed by atoms with E-state index in [1.165, 1.54) is 0 Å². The number of nitrogens with one attached hydrogen (secondary N) is 1. The Balaban J connectivity index is 2.36. The first-order valence-corrected chi connectivity index (χ1v) is 6.32. The Bertz CT molecular complexity index is 461. The summed E-state index contributed by atoms with van der Waals surface area (Å²) < 4.78 is 24.6. The Hall–Kier alpha value is -1.70. The van der Waals surface area contributed by atoms with Crippen LogP contribution in [0.3, 0.4) is 0 Å². The van der Waals surface area contributed by atoms with Crippen molar-refractivity contribution in [3.63, 3.8) is 0 Å². The molecule has 2 saturated heterocycles. The molecule has 20 heavy (non-hydrogen) atoms. The molecule has 0 aromatic rings. The molecule has 2 aliphatic rings. The molecule has 0 aliphatic carbocycles. The molecule has 0 bridgehead atoms. The molecule has 2 aliphatic heterocycles. The maximum atomic E-state index is 14.3. The summed E-state index contributed by atoms with van der Waals surface area (Å²) in [6, 6.07) is -0.828. The zero-order valence-electron chi connectivity index (χ0n) is 11.6. The highest BCUT2D eigenvalue weighted by atomic mass is 19.1. The predicted molar refractivity (Wildman–Crippen MR) is 64.0 cm³/mol. The molecule has 0 aromatic heterocycles. The summed E-state index contributed by atoms with van der Waals surface area (Å²) in [6.07, 6.45) is -1.82. The number of rotatable bonds is 1. The minimum absolute atomic E-state index is 0.0922. The molecule has 0 aromatic carbocycles. The standard InChI is InChI=1S/C12H17FN2O5/c1-11(2,3)9(17)20-12-7(13)8(16)14-10(18)15(12)5-4-6-19-12/h7H,4-6H2,1-3H3,(H,14,16,18)/t7-,12?/m1/s1. The second kappa shape index (κ2) is 4.69. The van der Waals surface area contributed by atoms with Gasteiger partial charge in [0, 0.05) is 6.54 Å². The number of hydrogen-bond acceptors (Lipinski definition) is 5. The average Bonchev–Trinajstić information content (AvgIpc) is 2.35. The maximum Gasteiger partial charge on any atom is 0.343 e. The van der Waals surface area contributed by atoms with Crippen molar-refractivity contribution in [3.05, 3.63) is 0 Å². The van der Waals surface area contributed by atoms with Crippen molar-refractivity contribution < 1.29 is 28.2 Å². The lowest BCUT2D eigenvalue weighted by Gasteiger charge is -2.48. The third kappa shape index (κ3) is 2.24. The van der Waals surface area contributed by atoms with Gasteiger partial charge in [-0.05, 0) is 27.2 Å². The van der Waals surface area contributed by atoms with E-state index in [1.54, 1.807) is 20.8 Å². The van der Waals surface area contributed by atoms with Gasteiger partial charge in [0.05, 0.1) is 12.0 Å². The van der Waals surface area contributed by atoms with E-state index in [1.807, 2.05) is 5.32 Å². The molecule has 1 N–H and O–H groups in total. The number of hydrogen-bond donors (Lipinski definition) is 1. The van der Waals surface area contributed by atoms with Crippen LogP contribution in [0.2, 0.25) is 0 Å². The number of carbonyl (C=O) groups excluding carboxylic acids is 3. The van der Waals surface area contributed by atoms with Crippen molar-refractivity contribution in [3.8, 4) is 0 Å². The molecule has 2 rings (SSSR count). The fourth-order valence-electron chi connectivity index (χ4n) is 1.95. The van der Waals surface area contributed by atoms with Crippen LogP contribution in [-0.2, 0) is 19.1 Å². The molecule has 0 radical (unpaired) electrons. The van der Waals surface area contributed by atoms with E-state index in [0.29, 0.717) is 6.42 Å². The number of nitrogens with zero attached hydrogens (tertiary/aromatic N) is 1. The normalized spacial score (nSPS) is 30.6. The van der Waals surface area contributed by atoms with Crippen molar-refractivity contribution in [1.29, 1.82) is 0 Å². The van der Waals surface area contributed by atoms with Gasteiger partial charge in [0.25, 0.3) is 12.1 Å². The zero-order valence-corrected chi connectivity index (χ0v) is 11.6. The van der Waals surface area contributed by atoms with Gasteiger partial charge in [-0.1, -0.05) is 0 Å². The second-order valence-corrected chi connectivity index (χ2v) is 5.78. The summed E-state index contributed by atoms with van der Waals surface area (Å²) in [6.45, 7) is 4.97. The number of esters is 1. The van der Waals surface area contributed by atoms with Crippen molar-refractivity contribution in [2.24, 2.45) is 5.41 Å². The summed E-state index contributed by atoms with van der Waals surface area (Å²) >= 11 is 0. The highest BCUT2D eigenvalue weighted by Crippen LogP contribution is 2.35. The van der Waals surface area contributed by atoms with Gasteiger partial charge in [0.2, 0.25) is 0 Å². The summed E-state index contributed by atoms with van der Waals surface area (Å²) in [5, 5.41) is 1.87. The number of amides is 3. The molecule has 3 amide bonds. The number of alkyl halides is 1. The van der Waals surface area contributed by atoms with Crippen molar-refractivity contribution in [2.75, 3.05) is 13.2 Å². The van der Waals surface area contributed by atoms with E-state index in [2.05, 4.69) is 0 Å². The lowest BCUT2D eigenvalue weighted by atomic mass is 9.97. The van der Waals surface area contributed by atoms with Crippen LogP contribution in [0.15, 0.2) is 0 Å². The molecule has 0 saturated carbocycles. The molecule has 1 unspecified atom stereocenters. The summed E-state index contributed by atoms with van der Waals surface area (Å²) in [7, 11) is 0. The highest BCUT2D eigenvalue weighted by molar-refractivity contribution is 6.00. The van der Waals surface area contributed by atoms with Crippen LogP contribution in [0.1, 0.15) is 27.2 Å². The third-order valence-electron chi connectivity index (χ3n) is 3.09. The van der Waals surface area contributed by atoms with Crippen LogP contribution in [0.25, 0.3) is 0 Å². The lowest BCUT2D eigenvalue weighted by molar-refractivity contribution is -0.330. The van der Waals surface area contributed by atoms with Crippen LogP contribution in [0.4, 0.5) is 9.18 Å². The van der Waals surface area contributed by atoms with Crippen LogP contribution >= 0.6 is 0 Å². The predicted octanol–water partition coefficient (Wildman–Crippen LogP) is 0.540. The van der Waals surface area contributed by atoms with Gasteiger partial charge >= 0.3 is 17.9 Å². The van der Waals surface area contributed by atoms with Gasteiger partial charge in [-0.15, -0.1) is 0 Å². The number of imide groups is 1. The fraction of sp³-hybridized carbons (Fsp3) is 0.750. The maximum absolute atomic E-state index is 14.3. The Morgan fingerprint density at radius 2 is 2.15 bits per heavy atom. The first kappa shape index (κ1) is 14.7. The van der Waals surface area contributed by atoms with E-state index in [0.717, 1.165) is 4.90 Å². The quantitative estimate of drug-likeness (QED) is 0.712. The smallest absolute Gasteiger partial charge is 0.343 e. The fourth-order valence-corrected chi connectivity index (χ4v) is 1.95. The van der Waals surface area contributed by atoms with Crippen LogP contribution in [0, 0.1) is 5.41 Å². The molecule has 7 nitrogen and oxygen atoms in total. The topological polar surface area (TPSA) is 84.9 Å². The molecule has 2 atom stereocenters. The molecule has 8 heteroatoms. The molecule has 2 heterocycles. The van der Waals surface area contributed by atoms with Crippen molar-refractivity contribution >= 4 is 17.9 Å². The number of urea groups is 1. The number of fused-ring (bicyclic) bond motifs is 1. The van der Waals surface area contributed by atoms with E-state index in [4.69, 9.17) is 9.47 Å². The van der Waals surface area contributed by atoms with Gasteiger partial charge in [-0.2, -0.15) is 0 Å². The van der Waals surface area contributed by atoms with E-state index < -0.39 is 35.4 Å². The Kier molecular flexibility index (Phi) is 3.45. The molecule has 112 valence electrons. The largest absolute Gasteiger partial charge is 0.410 e. The summed E-state index contributed by atoms with van der Waals surface area (Å²) in [5.74, 6) is -4.22. The Morgan fingerprint density at radius 3 is 2.75 bits per heavy atom. The van der Waals surface area contributed by atoms with Gasteiger partial charge in [-0.25, -0.2) is 9.18 Å². The highest BCUT2D eigenvalue weighted by Gasteiger charge is 2.61. The summed E-state index contributed by atoms with van der Waals surface area (Å²) in [4.78, 5) is 36.2. The minimum Gasteiger partial charge on any atom is -0.410 e. The third-order valence-corrected chi connectivity index (χ3v) is 3.09. The number of ether oxygens (including phenoxy) is 2.